The van der Waals surface area contributed by atoms with Gasteiger partial charge in [-0.25, -0.2) is 0 Å². The van der Waals surface area contributed by atoms with Crippen LogP contribution in [0.15, 0.2) is 48.5 Å². The summed E-state index contributed by atoms with van der Waals surface area (Å²) in [5, 5.41) is 10.5. The number of H-pyrrole nitrogens is 1. The molecular formula is C24H25N3O4. The van der Waals surface area contributed by atoms with E-state index in [4.69, 9.17) is 4.74 Å². The van der Waals surface area contributed by atoms with Crippen molar-refractivity contribution in [3.63, 3.8) is 0 Å². The van der Waals surface area contributed by atoms with E-state index in [9.17, 15) is 14.7 Å². The van der Waals surface area contributed by atoms with E-state index < -0.39 is 5.54 Å². The fourth-order valence-electron chi connectivity index (χ4n) is 5.21. The number of hydrogen-bond donors (Lipinski definition) is 2. The van der Waals surface area contributed by atoms with Gasteiger partial charge in [0, 0.05) is 35.5 Å². The number of carbonyl (C=O) groups is 2. The fraction of sp³-hybridized carbons (Fsp3) is 0.333. The zero-order chi connectivity index (χ0) is 21.8. The van der Waals surface area contributed by atoms with Crippen molar-refractivity contribution in [2.75, 3.05) is 33.4 Å². The number of benzene rings is 2. The molecule has 0 saturated carbocycles. The summed E-state index contributed by atoms with van der Waals surface area (Å²) in [4.78, 5) is 33.4. The Labute approximate surface area is 180 Å². The Bertz CT molecular complexity index is 1190. The van der Waals surface area contributed by atoms with Crippen LogP contribution in [0.25, 0.3) is 10.9 Å². The molecule has 1 saturated heterocycles. The molecule has 3 heterocycles. The van der Waals surface area contributed by atoms with Crippen LogP contribution in [0.4, 0.5) is 0 Å². The van der Waals surface area contributed by atoms with Crippen LogP contribution >= 0.6 is 0 Å². The first kappa shape index (κ1) is 19.6. The average molecular weight is 419 g/mol. The van der Waals surface area contributed by atoms with Gasteiger partial charge >= 0.3 is 0 Å². The predicted octanol–water partition coefficient (Wildman–Crippen LogP) is 2.20. The second-order valence-corrected chi connectivity index (χ2v) is 8.28. The van der Waals surface area contributed by atoms with Crippen LogP contribution in [0.1, 0.15) is 29.7 Å². The summed E-state index contributed by atoms with van der Waals surface area (Å²) >= 11 is 0. The molecule has 2 N–H and O–H groups in total. The zero-order valence-corrected chi connectivity index (χ0v) is 17.6. The van der Waals surface area contributed by atoms with Gasteiger partial charge in [0.05, 0.1) is 26.0 Å². The van der Waals surface area contributed by atoms with Crippen molar-refractivity contribution in [1.82, 2.24) is 14.8 Å². The van der Waals surface area contributed by atoms with Crippen LogP contribution in [-0.4, -0.2) is 65.1 Å². The highest BCUT2D eigenvalue weighted by atomic mass is 16.5. The number of nitrogens with one attached hydrogen (secondary N) is 1. The van der Waals surface area contributed by atoms with Gasteiger partial charge in [-0.3, -0.25) is 9.59 Å². The van der Waals surface area contributed by atoms with Crippen molar-refractivity contribution in [2.45, 2.75) is 18.4 Å². The highest BCUT2D eigenvalue weighted by Gasteiger charge is 2.56. The lowest BCUT2D eigenvalue weighted by molar-refractivity contribution is -0.166. The molecule has 1 aromatic heterocycles. The van der Waals surface area contributed by atoms with Crippen molar-refractivity contribution in [2.24, 2.45) is 0 Å². The van der Waals surface area contributed by atoms with Crippen molar-refractivity contribution in [1.29, 1.82) is 0 Å². The highest BCUT2D eigenvalue weighted by molar-refractivity contribution is 6.01. The van der Waals surface area contributed by atoms with Gasteiger partial charge in [0.1, 0.15) is 5.75 Å². The standard InChI is InChI=1S/C24H25N3O4/c1-24-22-21(16-8-3-5-9-18(16)25-22)17(15-7-4-6-10-19(15)31-2)13-27(24)20(29)14-26(11-12-28)23(24)30/h3-10,17,25,28H,11-14H2,1-2H3/t17-,24+/m1/s1. The maximum absolute atomic E-state index is 13.6. The Morgan fingerprint density at radius 1 is 1.16 bits per heavy atom. The van der Waals surface area contributed by atoms with Gasteiger partial charge in [-0.1, -0.05) is 36.4 Å². The molecule has 2 aliphatic rings. The molecule has 160 valence electrons. The molecule has 7 nitrogen and oxygen atoms in total. The van der Waals surface area contributed by atoms with Crippen molar-refractivity contribution in [3.8, 4) is 5.75 Å². The van der Waals surface area contributed by atoms with Gasteiger partial charge in [0.25, 0.3) is 5.91 Å². The SMILES string of the molecule is COc1ccccc1[C@H]1CN2C(=O)CN(CCO)C(=O)[C@]2(C)c2[nH]c3ccccc3c21. The number of methoxy groups -OCH3 is 1. The molecule has 2 aromatic carbocycles. The summed E-state index contributed by atoms with van der Waals surface area (Å²) < 4.78 is 5.64. The summed E-state index contributed by atoms with van der Waals surface area (Å²) in [6.07, 6.45) is 0. The molecule has 5 rings (SSSR count). The minimum Gasteiger partial charge on any atom is -0.496 e. The first-order valence-corrected chi connectivity index (χ1v) is 10.5. The van der Waals surface area contributed by atoms with Gasteiger partial charge in [0.2, 0.25) is 5.91 Å². The Balaban J connectivity index is 1.78. The van der Waals surface area contributed by atoms with E-state index in [0.29, 0.717) is 6.54 Å². The number of hydrogen-bond acceptors (Lipinski definition) is 4. The molecule has 0 unspecified atom stereocenters. The number of ether oxygens (including phenoxy) is 1. The number of fused-ring (bicyclic) bond motifs is 5. The van der Waals surface area contributed by atoms with E-state index in [1.54, 1.807) is 12.0 Å². The molecule has 0 aliphatic carbocycles. The summed E-state index contributed by atoms with van der Waals surface area (Å²) in [6.45, 7) is 2.12. The molecule has 31 heavy (non-hydrogen) atoms. The zero-order valence-electron chi connectivity index (χ0n) is 17.6. The largest absolute Gasteiger partial charge is 0.496 e. The first-order valence-electron chi connectivity index (χ1n) is 10.5. The van der Waals surface area contributed by atoms with Crippen molar-refractivity contribution in [3.05, 3.63) is 65.4 Å². The Kier molecular flexibility index (Phi) is 4.51. The minimum atomic E-state index is -1.16. The third-order valence-electron chi connectivity index (χ3n) is 6.70. The molecule has 2 atom stereocenters. The van der Waals surface area contributed by atoms with Crippen molar-refractivity contribution < 1.29 is 19.4 Å². The molecule has 0 bridgehead atoms. The highest BCUT2D eigenvalue weighted by Crippen LogP contribution is 2.49. The number of aliphatic hydroxyl groups is 1. The second-order valence-electron chi connectivity index (χ2n) is 8.28. The number of aromatic amines is 1. The second kappa shape index (κ2) is 7.13. The van der Waals surface area contributed by atoms with Crippen LogP contribution in [0.3, 0.4) is 0 Å². The lowest BCUT2D eigenvalue weighted by atomic mass is 9.76. The molecule has 0 radical (unpaired) electrons. The van der Waals surface area contributed by atoms with Crippen molar-refractivity contribution >= 4 is 22.7 Å². The summed E-state index contributed by atoms with van der Waals surface area (Å²) in [6, 6.07) is 15.8. The van der Waals surface area contributed by atoms with Crippen LogP contribution in [0.2, 0.25) is 0 Å². The number of nitrogens with zero attached hydrogens (tertiary/aromatic N) is 2. The fourth-order valence-corrected chi connectivity index (χ4v) is 5.21. The number of aliphatic hydroxyl groups excluding tert-OH is 1. The topological polar surface area (TPSA) is 85.9 Å². The molecule has 1 fully saturated rings. The number of amides is 2. The van der Waals surface area contributed by atoms with E-state index >= 15 is 0 Å². The maximum atomic E-state index is 13.6. The lowest BCUT2D eigenvalue weighted by Crippen LogP contribution is -2.67. The first-order chi connectivity index (χ1) is 15.0. The Morgan fingerprint density at radius 3 is 2.68 bits per heavy atom. The number of carbonyl (C=O) groups excluding carboxylic acids is 2. The lowest BCUT2D eigenvalue weighted by Gasteiger charge is -2.51. The molecule has 3 aromatic rings. The predicted molar refractivity (Wildman–Crippen MR) is 116 cm³/mol. The quantitative estimate of drug-likeness (QED) is 0.679. The number of para-hydroxylation sites is 2. The van der Waals surface area contributed by atoms with Crippen LogP contribution in [-0.2, 0) is 15.1 Å². The average Bonchev–Trinajstić information content (AvgIpc) is 3.18. The van der Waals surface area contributed by atoms with Gasteiger partial charge < -0.3 is 24.6 Å². The smallest absolute Gasteiger partial charge is 0.255 e. The molecular weight excluding hydrogens is 394 g/mol. The van der Waals surface area contributed by atoms with E-state index in [-0.39, 0.29) is 37.4 Å². The van der Waals surface area contributed by atoms with E-state index in [1.807, 2.05) is 55.5 Å². The summed E-state index contributed by atoms with van der Waals surface area (Å²) in [5.74, 6) is 0.314. The number of β-amino-alcohol motifs (C(OH)–C–C–N with tert-alkyl or cyclic N) is 1. The third kappa shape index (κ3) is 2.69. The molecule has 0 spiro atoms. The molecule has 7 heteroatoms. The molecule has 2 amide bonds. The maximum Gasteiger partial charge on any atom is 0.255 e. The summed E-state index contributed by atoms with van der Waals surface area (Å²) in [7, 11) is 1.64. The van der Waals surface area contributed by atoms with Gasteiger partial charge in [-0.15, -0.1) is 0 Å². The van der Waals surface area contributed by atoms with Gasteiger partial charge in [0.15, 0.2) is 5.54 Å². The number of piperazine rings is 1. The van der Waals surface area contributed by atoms with Gasteiger partial charge in [-0.05, 0) is 24.6 Å². The van der Waals surface area contributed by atoms with Crippen LogP contribution in [0, 0.1) is 0 Å². The van der Waals surface area contributed by atoms with E-state index in [2.05, 4.69) is 4.98 Å². The Morgan fingerprint density at radius 2 is 1.90 bits per heavy atom. The number of aromatic nitrogens is 1. The normalized spacial score (nSPS) is 23.1. The summed E-state index contributed by atoms with van der Waals surface area (Å²) in [5.41, 5.74) is 2.51. The molecule has 2 aliphatic heterocycles. The van der Waals surface area contributed by atoms with E-state index in [1.165, 1.54) is 4.90 Å². The Hall–Kier alpha value is -3.32. The van der Waals surface area contributed by atoms with Gasteiger partial charge in [-0.2, -0.15) is 0 Å². The van der Waals surface area contributed by atoms with E-state index in [0.717, 1.165) is 33.5 Å². The van der Waals surface area contributed by atoms with Crippen LogP contribution in [0.5, 0.6) is 5.75 Å². The third-order valence-corrected chi connectivity index (χ3v) is 6.70. The minimum absolute atomic E-state index is 0.0246. The number of rotatable bonds is 4. The van der Waals surface area contributed by atoms with Crippen LogP contribution < -0.4 is 4.74 Å². The monoisotopic (exact) mass is 419 g/mol.